The van der Waals surface area contributed by atoms with Crippen molar-refractivity contribution in [2.75, 3.05) is 6.61 Å². The van der Waals surface area contributed by atoms with E-state index in [0.717, 1.165) is 16.7 Å². The second kappa shape index (κ2) is 10.1. The number of H-pyrrole nitrogens is 1. The van der Waals surface area contributed by atoms with Gasteiger partial charge in [-0.2, -0.15) is 0 Å². The summed E-state index contributed by atoms with van der Waals surface area (Å²) in [5.74, 6) is -0.878. The van der Waals surface area contributed by atoms with Crippen molar-refractivity contribution in [1.29, 1.82) is 0 Å². The van der Waals surface area contributed by atoms with E-state index in [1.807, 2.05) is 68.4 Å². The van der Waals surface area contributed by atoms with Gasteiger partial charge in [-0.15, -0.1) is 0 Å². The highest BCUT2D eigenvalue weighted by atomic mass is 16.8. The molecule has 2 saturated heterocycles. The van der Waals surface area contributed by atoms with Gasteiger partial charge in [0.2, 0.25) is 0 Å². The Morgan fingerprint density at radius 1 is 0.795 bits per heavy atom. The average molecular weight is 527 g/mol. The molecule has 4 atom stereocenters. The molecule has 0 saturated carbocycles. The molecular weight excluding hydrogens is 496 g/mol. The lowest BCUT2D eigenvalue weighted by Crippen LogP contribution is -2.39. The third kappa shape index (κ3) is 4.66. The van der Waals surface area contributed by atoms with Gasteiger partial charge in [0.05, 0.1) is 6.61 Å². The molecule has 4 aromatic rings. The van der Waals surface area contributed by atoms with Crippen LogP contribution in [-0.2, 0) is 24.5 Å². The minimum absolute atomic E-state index is 0.147. The molecule has 0 radical (unpaired) electrons. The summed E-state index contributed by atoms with van der Waals surface area (Å²) in [6, 6.07) is 31.5. The Morgan fingerprint density at radius 2 is 1.31 bits per heavy atom. The number of hydrogen-bond acceptors (Lipinski definition) is 6. The molecule has 8 heteroatoms. The molecule has 3 aromatic carbocycles. The summed E-state index contributed by atoms with van der Waals surface area (Å²) in [5, 5.41) is 0. The molecule has 2 fully saturated rings. The van der Waals surface area contributed by atoms with Crippen molar-refractivity contribution in [3.05, 3.63) is 141 Å². The maximum atomic E-state index is 12.7. The van der Waals surface area contributed by atoms with E-state index >= 15 is 0 Å². The predicted octanol–water partition coefficient (Wildman–Crippen LogP) is 3.96. The Morgan fingerprint density at radius 3 is 1.82 bits per heavy atom. The van der Waals surface area contributed by atoms with Crippen molar-refractivity contribution in [1.82, 2.24) is 9.55 Å². The molecular formula is C31H30N2O6. The van der Waals surface area contributed by atoms with Crippen molar-refractivity contribution < 1.29 is 18.9 Å². The fourth-order valence-corrected chi connectivity index (χ4v) is 5.62. The second-order valence-corrected chi connectivity index (χ2v) is 10.2. The van der Waals surface area contributed by atoms with Crippen molar-refractivity contribution in [2.24, 2.45) is 0 Å². The zero-order valence-electron chi connectivity index (χ0n) is 21.7. The number of aromatic amines is 1. The van der Waals surface area contributed by atoms with Gasteiger partial charge in [0, 0.05) is 12.3 Å². The van der Waals surface area contributed by atoms with Gasteiger partial charge in [-0.25, -0.2) is 4.79 Å². The standard InChI is InChI=1S/C31H30N2O6/c1-30(2)38-26-24(37-28(27(26)39-30)33-19-18-25(34)32-29(33)35)20-36-31(21-12-6-3-7-13-21,22-14-8-4-9-15-22)23-16-10-5-11-17-23/h3-19,24,26-28H,20H2,1-2H3,(H,32,34,35)/t24-,26-,27+,28-/m0/s1. The zero-order chi connectivity index (χ0) is 27.0. The van der Waals surface area contributed by atoms with Crippen LogP contribution in [0.25, 0.3) is 0 Å². The lowest BCUT2D eigenvalue weighted by atomic mass is 9.80. The first-order chi connectivity index (χ1) is 18.9. The molecule has 0 aliphatic carbocycles. The third-order valence-corrected chi connectivity index (χ3v) is 7.26. The third-order valence-electron chi connectivity index (χ3n) is 7.26. The van der Waals surface area contributed by atoms with Crippen LogP contribution in [0.15, 0.2) is 113 Å². The van der Waals surface area contributed by atoms with Crippen LogP contribution in [0, 0.1) is 0 Å². The first-order valence-corrected chi connectivity index (χ1v) is 13.0. The minimum atomic E-state index is -0.940. The van der Waals surface area contributed by atoms with Gasteiger partial charge in [-0.3, -0.25) is 14.3 Å². The quantitative estimate of drug-likeness (QED) is 0.367. The summed E-state index contributed by atoms with van der Waals surface area (Å²) in [4.78, 5) is 26.6. The number of benzene rings is 3. The Kier molecular flexibility index (Phi) is 6.56. The number of fused-ring (bicyclic) bond motifs is 1. The highest BCUT2D eigenvalue weighted by Crippen LogP contribution is 2.45. The van der Waals surface area contributed by atoms with Crippen LogP contribution in [0.4, 0.5) is 0 Å². The highest BCUT2D eigenvalue weighted by Gasteiger charge is 2.56. The van der Waals surface area contributed by atoms with E-state index in [-0.39, 0.29) is 6.61 Å². The number of ether oxygens (including phenoxy) is 4. The number of nitrogens with one attached hydrogen (secondary N) is 1. The molecule has 2 aliphatic heterocycles. The van der Waals surface area contributed by atoms with Crippen molar-refractivity contribution in [3.8, 4) is 0 Å². The van der Waals surface area contributed by atoms with Crippen LogP contribution in [0.1, 0.15) is 36.8 Å². The minimum Gasteiger partial charge on any atom is -0.358 e. The summed E-state index contributed by atoms with van der Waals surface area (Å²) in [6.45, 7) is 3.81. The number of rotatable bonds is 7. The Bertz CT molecular complexity index is 1440. The Hall–Kier alpha value is -3.82. The maximum absolute atomic E-state index is 12.7. The van der Waals surface area contributed by atoms with Crippen LogP contribution >= 0.6 is 0 Å². The fourth-order valence-electron chi connectivity index (χ4n) is 5.62. The van der Waals surface area contributed by atoms with Crippen molar-refractivity contribution >= 4 is 0 Å². The Balaban J connectivity index is 1.40. The molecule has 1 N–H and O–H groups in total. The summed E-state index contributed by atoms with van der Waals surface area (Å²) >= 11 is 0. The van der Waals surface area contributed by atoms with E-state index in [4.69, 9.17) is 18.9 Å². The van der Waals surface area contributed by atoms with Crippen LogP contribution in [0.2, 0.25) is 0 Å². The Labute approximate surface area is 225 Å². The van der Waals surface area contributed by atoms with E-state index in [1.54, 1.807) is 0 Å². The van der Waals surface area contributed by atoms with Crippen molar-refractivity contribution in [2.45, 2.75) is 49.8 Å². The predicted molar refractivity (Wildman–Crippen MR) is 144 cm³/mol. The maximum Gasteiger partial charge on any atom is 0.330 e. The van der Waals surface area contributed by atoms with Gasteiger partial charge in [-0.1, -0.05) is 91.0 Å². The van der Waals surface area contributed by atoms with E-state index in [9.17, 15) is 9.59 Å². The molecule has 1 aromatic heterocycles. The smallest absolute Gasteiger partial charge is 0.330 e. The van der Waals surface area contributed by atoms with Gasteiger partial charge in [0.15, 0.2) is 12.0 Å². The van der Waals surface area contributed by atoms with Gasteiger partial charge in [-0.05, 0) is 30.5 Å². The van der Waals surface area contributed by atoms with Crippen molar-refractivity contribution in [3.63, 3.8) is 0 Å². The molecule has 0 spiro atoms. The number of nitrogens with zero attached hydrogens (tertiary/aromatic N) is 1. The van der Waals surface area contributed by atoms with E-state index in [2.05, 4.69) is 41.4 Å². The molecule has 200 valence electrons. The van der Waals surface area contributed by atoms with Crippen LogP contribution in [0.5, 0.6) is 0 Å². The fraction of sp³-hybridized carbons (Fsp3) is 0.290. The SMILES string of the molecule is CC1(C)O[C@@H]2[C@@H](O1)[C@@H](n1ccc(=O)[nH]c1=O)O[C@H]2COC(c1ccccc1)(c1ccccc1)c1ccccc1. The van der Waals surface area contributed by atoms with E-state index in [1.165, 1.54) is 16.8 Å². The molecule has 0 amide bonds. The monoisotopic (exact) mass is 526 g/mol. The normalized spacial score (nSPS) is 23.9. The zero-order valence-corrected chi connectivity index (χ0v) is 21.7. The van der Waals surface area contributed by atoms with Gasteiger partial charge in [0.25, 0.3) is 5.56 Å². The lowest BCUT2D eigenvalue weighted by molar-refractivity contribution is -0.205. The highest BCUT2D eigenvalue weighted by molar-refractivity contribution is 5.47. The van der Waals surface area contributed by atoms with E-state index < -0.39 is 47.2 Å². The second-order valence-electron chi connectivity index (χ2n) is 10.2. The lowest BCUT2D eigenvalue weighted by Gasteiger charge is -2.37. The summed E-state index contributed by atoms with van der Waals surface area (Å²) in [7, 11) is 0. The van der Waals surface area contributed by atoms with E-state index in [0.29, 0.717) is 0 Å². The molecule has 3 heterocycles. The van der Waals surface area contributed by atoms with Crippen LogP contribution < -0.4 is 11.2 Å². The van der Waals surface area contributed by atoms with Gasteiger partial charge in [0.1, 0.15) is 23.9 Å². The molecule has 8 nitrogen and oxygen atoms in total. The average Bonchev–Trinajstić information content (AvgIpc) is 3.44. The number of aromatic nitrogens is 2. The first kappa shape index (κ1) is 25.5. The molecule has 0 unspecified atom stereocenters. The van der Waals surface area contributed by atoms with Gasteiger partial charge < -0.3 is 18.9 Å². The van der Waals surface area contributed by atoms with Crippen LogP contribution in [0.3, 0.4) is 0 Å². The molecule has 6 rings (SSSR count). The summed E-state index contributed by atoms with van der Waals surface area (Å²) in [5.41, 5.74) is 0.906. The summed E-state index contributed by atoms with van der Waals surface area (Å²) in [6.07, 6.45) is -1.01. The summed E-state index contributed by atoms with van der Waals surface area (Å²) < 4.78 is 27.2. The largest absolute Gasteiger partial charge is 0.358 e. The molecule has 0 bridgehead atoms. The molecule has 39 heavy (non-hydrogen) atoms. The topological polar surface area (TPSA) is 91.8 Å². The number of hydrogen-bond donors (Lipinski definition) is 1. The van der Waals surface area contributed by atoms with Gasteiger partial charge >= 0.3 is 5.69 Å². The molecule has 2 aliphatic rings. The first-order valence-electron chi connectivity index (χ1n) is 13.0. The van der Waals surface area contributed by atoms with Crippen LogP contribution in [-0.4, -0.2) is 40.3 Å².